The molecule has 1 saturated carbocycles. The molecule has 0 radical (unpaired) electrons. The van der Waals surface area contributed by atoms with Crippen LogP contribution in [0.15, 0.2) is 88.8 Å². The summed E-state index contributed by atoms with van der Waals surface area (Å²) in [5, 5.41) is 5.70. The molecule has 3 aromatic carbocycles. The molecular weight excluding hydrogens is 502 g/mol. The summed E-state index contributed by atoms with van der Waals surface area (Å²) in [5.41, 5.74) is 5.50. The van der Waals surface area contributed by atoms with Crippen LogP contribution in [0.4, 0.5) is 5.69 Å². The van der Waals surface area contributed by atoms with Crippen molar-refractivity contribution in [3.05, 3.63) is 100 Å². The van der Waals surface area contributed by atoms with E-state index in [4.69, 9.17) is 4.98 Å². The van der Waals surface area contributed by atoms with E-state index in [0.717, 1.165) is 71.0 Å². The topological polar surface area (TPSA) is 64.0 Å². The van der Waals surface area contributed by atoms with E-state index in [2.05, 4.69) is 30.1 Å². The Labute approximate surface area is 233 Å². The van der Waals surface area contributed by atoms with E-state index < -0.39 is 0 Å². The predicted molar refractivity (Wildman–Crippen MR) is 161 cm³/mol. The lowest BCUT2D eigenvalue weighted by Gasteiger charge is -2.42. The number of fused-ring (bicyclic) bond motifs is 5. The summed E-state index contributed by atoms with van der Waals surface area (Å²) >= 11 is 1.32. The SMILES string of the molecule is C=C(C)Cn1c(SCC(=O)Nc2cccc3ccccc23)nc2c(c1=O)C1(CCCCC1)Cc1ccccc1-2. The number of carbonyl (C=O) groups is 1. The Hall–Kier alpha value is -3.64. The van der Waals surface area contributed by atoms with E-state index in [1.165, 1.54) is 23.7 Å². The van der Waals surface area contributed by atoms with Gasteiger partial charge < -0.3 is 5.32 Å². The maximum Gasteiger partial charge on any atom is 0.258 e. The van der Waals surface area contributed by atoms with Crippen molar-refractivity contribution < 1.29 is 4.79 Å². The number of thioether (sulfide) groups is 1. The van der Waals surface area contributed by atoms with Crippen LogP contribution in [-0.2, 0) is 23.2 Å². The number of allylic oxidation sites excluding steroid dienone is 1. The van der Waals surface area contributed by atoms with E-state index in [0.29, 0.717) is 11.7 Å². The third-order valence-electron chi connectivity index (χ3n) is 8.10. The van der Waals surface area contributed by atoms with Crippen LogP contribution < -0.4 is 10.9 Å². The maximum absolute atomic E-state index is 14.3. The van der Waals surface area contributed by atoms with Crippen LogP contribution in [0.25, 0.3) is 22.0 Å². The van der Waals surface area contributed by atoms with Gasteiger partial charge in [0, 0.05) is 28.6 Å². The van der Waals surface area contributed by atoms with Gasteiger partial charge in [-0.3, -0.25) is 14.2 Å². The molecule has 1 fully saturated rings. The quantitative estimate of drug-likeness (QED) is 0.162. The summed E-state index contributed by atoms with van der Waals surface area (Å²) in [6.07, 6.45) is 6.39. The monoisotopic (exact) mass is 535 g/mol. The summed E-state index contributed by atoms with van der Waals surface area (Å²) in [5.74, 6) is 0.0200. The molecule has 39 heavy (non-hydrogen) atoms. The van der Waals surface area contributed by atoms with Crippen LogP contribution >= 0.6 is 11.8 Å². The molecule has 4 aromatic rings. The number of benzene rings is 3. The number of carbonyl (C=O) groups excluding carboxylic acids is 1. The minimum atomic E-state index is -0.169. The zero-order chi connectivity index (χ0) is 27.0. The molecule has 6 heteroatoms. The van der Waals surface area contributed by atoms with Crippen LogP contribution in [0.2, 0.25) is 0 Å². The Morgan fingerprint density at radius 2 is 1.77 bits per heavy atom. The van der Waals surface area contributed by atoms with Gasteiger partial charge in [-0.15, -0.1) is 0 Å². The van der Waals surface area contributed by atoms with Crippen molar-refractivity contribution in [2.75, 3.05) is 11.1 Å². The highest BCUT2D eigenvalue weighted by Crippen LogP contribution is 2.48. The first-order chi connectivity index (χ1) is 18.9. The van der Waals surface area contributed by atoms with Gasteiger partial charge in [0.2, 0.25) is 5.91 Å². The molecule has 1 amide bonds. The van der Waals surface area contributed by atoms with Crippen LogP contribution in [0.1, 0.15) is 50.2 Å². The summed E-state index contributed by atoms with van der Waals surface area (Å²) in [6.45, 7) is 6.41. The number of amides is 1. The molecule has 2 aliphatic rings. The molecule has 0 unspecified atom stereocenters. The Morgan fingerprint density at radius 3 is 2.59 bits per heavy atom. The Bertz CT molecular complexity index is 1640. The molecule has 0 saturated heterocycles. The van der Waals surface area contributed by atoms with E-state index in [1.807, 2.05) is 55.5 Å². The van der Waals surface area contributed by atoms with Gasteiger partial charge in [0.15, 0.2) is 5.16 Å². The highest BCUT2D eigenvalue weighted by atomic mass is 32.2. The normalized spacial score (nSPS) is 15.5. The second-order valence-electron chi connectivity index (χ2n) is 11.0. The van der Waals surface area contributed by atoms with Crippen LogP contribution in [0.3, 0.4) is 0 Å². The molecule has 1 heterocycles. The lowest BCUT2D eigenvalue weighted by Crippen LogP contribution is -2.43. The van der Waals surface area contributed by atoms with Gasteiger partial charge >= 0.3 is 0 Å². The number of rotatable bonds is 6. The van der Waals surface area contributed by atoms with Crippen LogP contribution in [-0.4, -0.2) is 21.2 Å². The van der Waals surface area contributed by atoms with E-state index >= 15 is 0 Å². The predicted octanol–water partition coefficient (Wildman–Crippen LogP) is 7.13. The number of nitrogens with zero attached hydrogens (tertiary/aromatic N) is 2. The average molecular weight is 536 g/mol. The molecule has 0 bridgehead atoms. The number of nitrogens with one attached hydrogen (secondary N) is 1. The van der Waals surface area contributed by atoms with Crippen LogP contribution in [0, 0.1) is 0 Å². The second-order valence-corrected chi connectivity index (χ2v) is 11.9. The Morgan fingerprint density at radius 1 is 1.03 bits per heavy atom. The molecule has 1 N–H and O–H groups in total. The van der Waals surface area contributed by atoms with Gasteiger partial charge in [0.1, 0.15) is 0 Å². The number of hydrogen-bond acceptors (Lipinski definition) is 4. The number of hydrogen-bond donors (Lipinski definition) is 1. The summed E-state index contributed by atoms with van der Waals surface area (Å²) < 4.78 is 1.75. The molecule has 1 spiro atoms. The van der Waals surface area contributed by atoms with Crippen LogP contribution in [0.5, 0.6) is 0 Å². The molecule has 0 aliphatic heterocycles. The van der Waals surface area contributed by atoms with E-state index in [1.54, 1.807) is 4.57 Å². The maximum atomic E-state index is 14.3. The summed E-state index contributed by atoms with van der Waals surface area (Å²) in [7, 11) is 0. The fraction of sp³-hybridized carbons (Fsp3) is 0.303. The van der Waals surface area contributed by atoms with Gasteiger partial charge in [-0.2, -0.15) is 0 Å². The molecule has 6 rings (SSSR count). The van der Waals surface area contributed by atoms with Gasteiger partial charge in [-0.1, -0.05) is 104 Å². The first-order valence-corrected chi connectivity index (χ1v) is 14.7. The molecule has 2 aliphatic carbocycles. The van der Waals surface area contributed by atoms with E-state index in [9.17, 15) is 9.59 Å². The molecule has 5 nitrogen and oxygen atoms in total. The number of aromatic nitrogens is 2. The van der Waals surface area contributed by atoms with Crippen molar-refractivity contribution in [2.24, 2.45) is 0 Å². The highest BCUT2D eigenvalue weighted by molar-refractivity contribution is 7.99. The van der Waals surface area contributed by atoms with Crippen molar-refractivity contribution in [3.63, 3.8) is 0 Å². The Balaban J connectivity index is 1.38. The third kappa shape index (κ3) is 4.82. The van der Waals surface area contributed by atoms with Crippen molar-refractivity contribution in [1.82, 2.24) is 9.55 Å². The highest BCUT2D eigenvalue weighted by Gasteiger charge is 2.43. The molecule has 0 atom stereocenters. The van der Waals surface area contributed by atoms with Crippen molar-refractivity contribution in [2.45, 2.75) is 62.6 Å². The van der Waals surface area contributed by atoms with Crippen molar-refractivity contribution in [3.8, 4) is 11.3 Å². The third-order valence-corrected chi connectivity index (χ3v) is 9.08. The standard InChI is InChI=1S/C33H33N3O2S/c1-22(2)20-36-31(38)29-30(26-15-7-5-12-24(26)19-33(29)17-8-3-9-18-33)35-32(36)39-21-28(37)34-27-16-10-13-23-11-4-6-14-25(23)27/h4-7,10-16H,1,3,8-9,17-21H2,2H3,(H,34,37). The summed E-state index contributed by atoms with van der Waals surface area (Å²) in [6, 6.07) is 22.3. The van der Waals surface area contributed by atoms with Crippen molar-refractivity contribution >= 4 is 34.1 Å². The first kappa shape index (κ1) is 25.6. The van der Waals surface area contributed by atoms with Crippen molar-refractivity contribution in [1.29, 1.82) is 0 Å². The minimum absolute atomic E-state index is 0.0244. The van der Waals surface area contributed by atoms with E-state index in [-0.39, 0.29) is 22.6 Å². The summed E-state index contributed by atoms with van der Waals surface area (Å²) in [4.78, 5) is 32.6. The Kier molecular flexibility index (Phi) is 6.90. The number of anilines is 1. The fourth-order valence-electron chi connectivity index (χ4n) is 6.39. The zero-order valence-corrected chi connectivity index (χ0v) is 23.2. The van der Waals surface area contributed by atoms with Gasteiger partial charge in [-0.25, -0.2) is 4.98 Å². The lowest BCUT2D eigenvalue weighted by molar-refractivity contribution is -0.113. The minimum Gasteiger partial charge on any atom is -0.325 e. The van der Waals surface area contributed by atoms with Gasteiger partial charge in [-0.05, 0) is 43.2 Å². The first-order valence-electron chi connectivity index (χ1n) is 13.7. The fourth-order valence-corrected chi connectivity index (χ4v) is 7.18. The largest absolute Gasteiger partial charge is 0.325 e. The molecule has 198 valence electrons. The smallest absolute Gasteiger partial charge is 0.258 e. The molecule has 1 aromatic heterocycles. The molecular formula is C33H33N3O2S. The average Bonchev–Trinajstić information content (AvgIpc) is 2.94. The zero-order valence-electron chi connectivity index (χ0n) is 22.3. The van der Waals surface area contributed by atoms with Gasteiger partial charge in [0.05, 0.1) is 17.0 Å². The lowest BCUT2D eigenvalue weighted by atomic mass is 9.62. The second kappa shape index (κ2) is 10.5. The van der Waals surface area contributed by atoms with Gasteiger partial charge in [0.25, 0.3) is 5.56 Å².